The van der Waals surface area contributed by atoms with E-state index in [-0.39, 0.29) is 12.5 Å². The van der Waals surface area contributed by atoms with E-state index in [1.165, 1.54) is 5.43 Å². The first kappa shape index (κ1) is 12.3. The Morgan fingerprint density at radius 1 is 1.53 bits per heavy atom. The molecule has 1 rings (SSSR count). The van der Waals surface area contributed by atoms with Crippen molar-refractivity contribution in [2.45, 2.75) is 19.0 Å². The van der Waals surface area contributed by atoms with Crippen LogP contribution in [-0.4, -0.2) is 31.8 Å². The third-order valence-electron chi connectivity index (χ3n) is 2.24. The zero-order valence-corrected chi connectivity index (χ0v) is 8.17. The van der Waals surface area contributed by atoms with Crippen LogP contribution in [0.5, 0.6) is 0 Å². The number of hydrogen-bond acceptors (Lipinski definition) is 4. The molecule has 1 saturated heterocycles. The molecular formula is C8H14F2N2O3. The molecule has 1 aliphatic rings. The molecule has 0 aromatic carbocycles. The molecule has 5 nitrogen and oxygen atoms in total. The summed E-state index contributed by atoms with van der Waals surface area (Å²) in [6.07, 6.45) is -2.52. The second-order valence-corrected chi connectivity index (χ2v) is 3.36. The van der Waals surface area contributed by atoms with Crippen molar-refractivity contribution in [2.24, 2.45) is 11.8 Å². The van der Waals surface area contributed by atoms with E-state index in [0.717, 1.165) is 0 Å². The first-order chi connectivity index (χ1) is 7.06. The number of hydrogen-bond donors (Lipinski definition) is 2. The van der Waals surface area contributed by atoms with Crippen LogP contribution in [0.3, 0.4) is 0 Å². The van der Waals surface area contributed by atoms with Gasteiger partial charge in [-0.25, -0.2) is 5.84 Å². The van der Waals surface area contributed by atoms with E-state index in [1.54, 1.807) is 0 Å². The largest absolute Gasteiger partial charge is 0.437 e. The molecule has 7 heteroatoms. The Bertz CT molecular complexity index is 220. The molecule has 1 fully saturated rings. The van der Waals surface area contributed by atoms with Crippen LogP contribution < -0.4 is 11.3 Å². The Hall–Kier alpha value is -0.790. The molecule has 1 amide bonds. The molecule has 0 bridgehead atoms. The molecular weight excluding hydrogens is 210 g/mol. The summed E-state index contributed by atoms with van der Waals surface area (Å²) in [7, 11) is 0. The maximum atomic E-state index is 12.8. The fourth-order valence-electron chi connectivity index (χ4n) is 1.29. The van der Waals surface area contributed by atoms with Gasteiger partial charge in [-0.15, -0.1) is 0 Å². The molecule has 0 aromatic heterocycles. The summed E-state index contributed by atoms with van der Waals surface area (Å²) in [5, 5.41) is 0. The zero-order valence-electron chi connectivity index (χ0n) is 8.17. The highest BCUT2D eigenvalue weighted by molar-refractivity contribution is 5.81. The van der Waals surface area contributed by atoms with Gasteiger partial charge in [-0.05, 0) is 18.8 Å². The first-order valence-corrected chi connectivity index (χ1v) is 4.67. The van der Waals surface area contributed by atoms with Gasteiger partial charge in [0.15, 0.2) is 0 Å². The van der Waals surface area contributed by atoms with Gasteiger partial charge in [-0.2, -0.15) is 8.78 Å². The molecule has 0 radical (unpaired) electrons. The van der Waals surface area contributed by atoms with Crippen molar-refractivity contribution in [1.29, 1.82) is 0 Å². The number of hydrazine groups is 1. The van der Waals surface area contributed by atoms with Crippen LogP contribution in [0.1, 0.15) is 12.8 Å². The molecule has 0 aliphatic carbocycles. The SMILES string of the molecule is NNC(=O)C(F)(F)OCC1CCOCC1. The highest BCUT2D eigenvalue weighted by atomic mass is 19.3. The molecule has 0 saturated carbocycles. The molecule has 1 aliphatic heterocycles. The van der Waals surface area contributed by atoms with Gasteiger partial charge in [0.25, 0.3) is 0 Å². The monoisotopic (exact) mass is 224 g/mol. The quantitative estimate of drug-likeness (QED) is 0.401. The summed E-state index contributed by atoms with van der Waals surface area (Å²) in [5.74, 6) is 2.97. The standard InChI is InChI=1S/C8H14F2N2O3/c9-8(10,7(13)12-11)15-5-6-1-3-14-4-2-6/h6H,1-5,11H2,(H,12,13). The van der Waals surface area contributed by atoms with Crippen molar-refractivity contribution in [3.8, 4) is 0 Å². The number of amides is 1. The van der Waals surface area contributed by atoms with Crippen LogP contribution in [0.15, 0.2) is 0 Å². The molecule has 88 valence electrons. The molecule has 0 spiro atoms. The molecule has 0 aromatic rings. The number of rotatable bonds is 4. The van der Waals surface area contributed by atoms with E-state index in [0.29, 0.717) is 26.1 Å². The molecule has 3 N–H and O–H groups in total. The lowest BCUT2D eigenvalue weighted by molar-refractivity contribution is -0.237. The Kier molecular flexibility index (Phi) is 4.37. The lowest BCUT2D eigenvalue weighted by Gasteiger charge is -2.23. The minimum atomic E-state index is -3.85. The normalized spacial score (nSPS) is 18.9. The van der Waals surface area contributed by atoms with E-state index in [2.05, 4.69) is 10.6 Å². The van der Waals surface area contributed by atoms with E-state index in [9.17, 15) is 13.6 Å². The molecule has 0 unspecified atom stereocenters. The average molecular weight is 224 g/mol. The van der Waals surface area contributed by atoms with Gasteiger partial charge in [0, 0.05) is 13.2 Å². The summed E-state index contributed by atoms with van der Waals surface area (Å²) >= 11 is 0. The summed E-state index contributed by atoms with van der Waals surface area (Å²) in [6.45, 7) is 0.926. The number of carbonyl (C=O) groups is 1. The number of nitrogens with two attached hydrogens (primary N) is 1. The van der Waals surface area contributed by atoms with E-state index >= 15 is 0 Å². The third-order valence-corrected chi connectivity index (χ3v) is 2.24. The zero-order chi connectivity index (χ0) is 11.3. The Labute approximate surface area is 85.9 Å². The number of nitrogens with one attached hydrogen (secondary N) is 1. The topological polar surface area (TPSA) is 73.6 Å². The van der Waals surface area contributed by atoms with E-state index in [4.69, 9.17) is 4.74 Å². The predicted octanol–water partition coefficient (Wildman–Crippen LogP) is 0.0123. The lowest BCUT2D eigenvalue weighted by atomic mass is 10.0. The maximum Gasteiger partial charge on any atom is 0.437 e. The van der Waals surface area contributed by atoms with Crippen LogP contribution >= 0.6 is 0 Å². The summed E-state index contributed by atoms with van der Waals surface area (Å²) < 4.78 is 35.0. The number of halogens is 2. The third kappa shape index (κ3) is 3.69. The van der Waals surface area contributed by atoms with Gasteiger partial charge < -0.3 is 9.47 Å². The Morgan fingerprint density at radius 2 is 2.13 bits per heavy atom. The van der Waals surface area contributed by atoms with Crippen molar-refractivity contribution in [3.63, 3.8) is 0 Å². The van der Waals surface area contributed by atoms with Gasteiger partial charge in [-0.1, -0.05) is 0 Å². The minimum absolute atomic E-state index is 0.00944. The Balaban J connectivity index is 2.31. The predicted molar refractivity (Wildman–Crippen MR) is 46.8 cm³/mol. The van der Waals surface area contributed by atoms with E-state index in [1.807, 2.05) is 0 Å². The summed E-state index contributed by atoms with van der Waals surface area (Å²) in [5.41, 5.74) is 1.35. The molecule has 1 heterocycles. The smallest absolute Gasteiger partial charge is 0.381 e. The van der Waals surface area contributed by atoms with Crippen LogP contribution in [0.25, 0.3) is 0 Å². The summed E-state index contributed by atoms with van der Waals surface area (Å²) in [4.78, 5) is 10.6. The van der Waals surface area contributed by atoms with E-state index < -0.39 is 12.0 Å². The second kappa shape index (κ2) is 5.34. The van der Waals surface area contributed by atoms with Crippen LogP contribution in [0.2, 0.25) is 0 Å². The van der Waals surface area contributed by atoms with Crippen molar-refractivity contribution < 1.29 is 23.0 Å². The van der Waals surface area contributed by atoms with Crippen molar-refractivity contribution in [2.75, 3.05) is 19.8 Å². The van der Waals surface area contributed by atoms with Gasteiger partial charge in [-0.3, -0.25) is 10.2 Å². The second-order valence-electron chi connectivity index (χ2n) is 3.36. The lowest BCUT2D eigenvalue weighted by Crippen LogP contribution is -2.46. The maximum absolute atomic E-state index is 12.8. The van der Waals surface area contributed by atoms with Crippen LogP contribution in [0, 0.1) is 5.92 Å². The fourth-order valence-corrected chi connectivity index (χ4v) is 1.29. The number of alkyl halides is 2. The van der Waals surface area contributed by atoms with Gasteiger partial charge in [0.2, 0.25) is 0 Å². The van der Waals surface area contributed by atoms with Crippen molar-refractivity contribution >= 4 is 5.91 Å². The molecule has 15 heavy (non-hydrogen) atoms. The molecule has 0 atom stereocenters. The highest BCUT2D eigenvalue weighted by Gasteiger charge is 2.40. The first-order valence-electron chi connectivity index (χ1n) is 4.67. The van der Waals surface area contributed by atoms with Gasteiger partial charge in [0.05, 0.1) is 6.61 Å². The average Bonchev–Trinajstić information content (AvgIpc) is 2.27. The van der Waals surface area contributed by atoms with Crippen molar-refractivity contribution in [1.82, 2.24) is 5.43 Å². The van der Waals surface area contributed by atoms with Gasteiger partial charge >= 0.3 is 12.0 Å². The van der Waals surface area contributed by atoms with Gasteiger partial charge in [0.1, 0.15) is 0 Å². The van der Waals surface area contributed by atoms with Crippen LogP contribution in [-0.2, 0) is 14.3 Å². The highest BCUT2D eigenvalue weighted by Crippen LogP contribution is 2.21. The minimum Gasteiger partial charge on any atom is -0.381 e. The Morgan fingerprint density at radius 3 is 2.67 bits per heavy atom. The summed E-state index contributed by atoms with van der Waals surface area (Å²) in [6, 6.07) is 0. The number of ether oxygens (including phenoxy) is 2. The number of carbonyl (C=O) groups excluding carboxylic acids is 1. The van der Waals surface area contributed by atoms with Crippen molar-refractivity contribution in [3.05, 3.63) is 0 Å². The fraction of sp³-hybridized carbons (Fsp3) is 0.875. The van der Waals surface area contributed by atoms with Crippen LogP contribution in [0.4, 0.5) is 8.78 Å².